The first-order valence-corrected chi connectivity index (χ1v) is 20.6. The van der Waals surface area contributed by atoms with Crippen LogP contribution in [0.3, 0.4) is 0 Å². The van der Waals surface area contributed by atoms with Gasteiger partial charge in [-0.2, -0.15) is 0 Å². The van der Waals surface area contributed by atoms with Crippen molar-refractivity contribution >= 4 is 11.9 Å². The van der Waals surface area contributed by atoms with Gasteiger partial charge >= 0.3 is 11.9 Å². The van der Waals surface area contributed by atoms with E-state index in [1.54, 1.807) is 18.2 Å². The number of ether oxygens (including phenoxy) is 2. The molecule has 4 rings (SSSR count). The number of carbonyl (C=O) groups is 2. The molecule has 1 atom stereocenters. The summed E-state index contributed by atoms with van der Waals surface area (Å²) in [6.45, 7) is 29.7. The van der Waals surface area contributed by atoms with E-state index in [9.17, 15) is 30.0 Å². The van der Waals surface area contributed by atoms with Crippen molar-refractivity contribution in [3.8, 4) is 23.0 Å². The largest absolute Gasteiger partial charge is 0.508 e. The van der Waals surface area contributed by atoms with Crippen molar-refractivity contribution in [3.63, 3.8) is 0 Å². The molecule has 0 saturated carbocycles. The van der Waals surface area contributed by atoms with E-state index in [1.165, 1.54) is 0 Å². The molecule has 59 heavy (non-hydrogen) atoms. The Kier molecular flexibility index (Phi) is 13.1. The number of benzene rings is 4. The summed E-state index contributed by atoms with van der Waals surface area (Å²) < 4.78 is 11.5. The minimum Gasteiger partial charge on any atom is -0.508 e. The van der Waals surface area contributed by atoms with Gasteiger partial charge in [-0.25, -0.2) is 0 Å². The normalized spacial score (nSPS) is 13.8. The zero-order valence-corrected chi connectivity index (χ0v) is 38.1. The smallest absolute Gasteiger partial charge is 0.307 e. The van der Waals surface area contributed by atoms with E-state index in [1.807, 2.05) is 152 Å². The average molecular weight is 809 g/mol. The van der Waals surface area contributed by atoms with Crippen LogP contribution in [0.1, 0.15) is 160 Å². The van der Waals surface area contributed by atoms with Crippen molar-refractivity contribution in [1.29, 1.82) is 0 Å². The van der Waals surface area contributed by atoms with Gasteiger partial charge in [0.05, 0.1) is 12.8 Å². The highest BCUT2D eigenvalue weighted by molar-refractivity contribution is 5.74. The second kappa shape index (κ2) is 16.6. The molecule has 0 aliphatic rings. The molecule has 0 heterocycles. The first-order chi connectivity index (χ1) is 26.9. The van der Waals surface area contributed by atoms with Crippen molar-refractivity contribution in [2.24, 2.45) is 0 Å². The quantitative estimate of drug-likeness (QED) is 0.0869. The fourth-order valence-corrected chi connectivity index (χ4v) is 7.84. The lowest BCUT2D eigenvalue weighted by atomic mass is 9.70. The Hall–Kier alpha value is -4.98. The number of aryl methyl sites for hydroxylation is 1. The third-order valence-electron chi connectivity index (χ3n) is 11.7. The molecule has 0 fully saturated rings. The lowest BCUT2D eigenvalue weighted by molar-refractivity contribution is -0.153. The third kappa shape index (κ3) is 10.4. The lowest BCUT2D eigenvalue weighted by Gasteiger charge is -2.34. The van der Waals surface area contributed by atoms with Crippen LogP contribution in [0.4, 0.5) is 0 Å². The molecule has 0 radical (unpaired) electrons. The van der Waals surface area contributed by atoms with E-state index >= 15 is 0 Å². The molecule has 0 amide bonds. The molecule has 0 spiro atoms. The fraction of sp³-hybridized carbons (Fsp3) is 0.490. The van der Waals surface area contributed by atoms with Gasteiger partial charge in [0.2, 0.25) is 0 Å². The van der Waals surface area contributed by atoms with Crippen LogP contribution in [0.25, 0.3) is 0 Å². The second-order valence-corrected chi connectivity index (χ2v) is 20.8. The molecule has 4 N–H and O–H groups in total. The van der Waals surface area contributed by atoms with E-state index in [0.717, 1.165) is 44.5 Å². The molecule has 0 aliphatic heterocycles. The number of phenolic OH excluding ortho intramolecular Hbond substituents is 4. The summed E-state index contributed by atoms with van der Waals surface area (Å²) in [5, 5.41) is 43.5. The van der Waals surface area contributed by atoms with E-state index in [0.29, 0.717) is 5.56 Å². The minimum atomic E-state index is -0.923. The number of hydrogen-bond acceptors (Lipinski definition) is 8. The van der Waals surface area contributed by atoms with Crippen LogP contribution >= 0.6 is 0 Å². The molecule has 320 valence electrons. The highest BCUT2D eigenvalue weighted by Gasteiger charge is 2.38. The Morgan fingerprint density at radius 1 is 0.441 bits per heavy atom. The summed E-state index contributed by atoms with van der Waals surface area (Å²) in [6.07, 6.45) is -0.121. The molecule has 0 bridgehead atoms. The van der Waals surface area contributed by atoms with Gasteiger partial charge in [0.15, 0.2) is 0 Å². The van der Waals surface area contributed by atoms with Gasteiger partial charge in [0.1, 0.15) is 36.2 Å². The fourth-order valence-electron chi connectivity index (χ4n) is 7.84. The van der Waals surface area contributed by atoms with Crippen molar-refractivity contribution in [2.75, 3.05) is 13.2 Å². The Labute approximate surface area is 352 Å². The van der Waals surface area contributed by atoms with Crippen LogP contribution in [-0.2, 0) is 51.6 Å². The van der Waals surface area contributed by atoms with Gasteiger partial charge in [0, 0.05) is 10.8 Å². The molecule has 4 aromatic rings. The van der Waals surface area contributed by atoms with Gasteiger partial charge in [-0.15, -0.1) is 0 Å². The van der Waals surface area contributed by atoms with Crippen LogP contribution < -0.4 is 0 Å². The highest BCUT2D eigenvalue weighted by Crippen LogP contribution is 2.45. The molecule has 8 heteroatoms. The highest BCUT2D eigenvalue weighted by atomic mass is 16.6. The number of rotatable bonds is 11. The molecule has 4 aromatic carbocycles. The number of esters is 2. The maximum absolute atomic E-state index is 13.8. The summed E-state index contributed by atoms with van der Waals surface area (Å²) in [7, 11) is 0. The van der Waals surface area contributed by atoms with E-state index < -0.39 is 22.8 Å². The van der Waals surface area contributed by atoms with Gasteiger partial charge in [-0.05, 0) is 96.9 Å². The molecule has 1 unspecified atom stereocenters. The van der Waals surface area contributed by atoms with Gasteiger partial charge < -0.3 is 29.9 Å². The summed E-state index contributed by atoms with van der Waals surface area (Å²) in [6, 6.07) is 20.1. The van der Waals surface area contributed by atoms with Crippen molar-refractivity contribution < 1.29 is 39.5 Å². The molecule has 8 nitrogen and oxygen atoms in total. The average Bonchev–Trinajstić information content (AvgIpc) is 3.09. The summed E-state index contributed by atoms with van der Waals surface area (Å²) >= 11 is 0. The van der Waals surface area contributed by atoms with Crippen LogP contribution in [0, 0.1) is 6.92 Å². The maximum atomic E-state index is 13.8. The summed E-state index contributed by atoms with van der Waals surface area (Å²) in [4.78, 5) is 27.6. The van der Waals surface area contributed by atoms with Crippen LogP contribution in [-0.4, -0.2) is 45.6 Å². The first kappa shape index (κ1) is 46.7. The Morgan fingerprint density at radius 2 is 0.729 bits per heavy atom. The van der Waals surface area contributed by atoms with Gasteiger partial charge in [-0.3, -0.25) is 9.59 Å². The molecule has 0 aromatic heterocycles. The number of aromatic hydroxyl groups is 4. The Morgan fingerprint density at radius 3 is 1.03 bits per heavy atom. The van der Waals surface area contributed by atoms with Crippen LogP contribution in [0.2, 0.25) is 0 Å². The van der Waals surface area contributed by atoms with Gasteiger partial charge in [-0.1, -0.05) is 145 Å². The first-order valence-electron chi connectivity index (χ1n) is 20.6. The number of hydrogen-bond donors (Lipinski definition) is 4. The molecule has 0 aliphatic carbocycles. The van der Waals surface area contributed by atoms with E-state index in [4.69, 9.17) is 9.47 Å². The monoisotopic (exact) mass is 808 g/mol. The van der Waals surface area contributed by atoms with Gasteiger partial charge in [0.25, 0.3) is 0 Å². The molecule has 0 saturated heterocycles. The zero-order valence-electron chi connectivity index (χ0n) is 38.1. The summed E-state index contributed by atoms with van der Waals surface area (Å²) in [5.41, 5.74) is 3.54. The van der Waals surface area contributed by atoms with E-state index in [-0.39, 0.29) is 70.7 Å². The SMILES string of the molecule is Cc1cc(C(C)(CC(=O)OCCOC(=O)CC(C)(c2ccc(O)c(C(C)(C)C)c2)c2ccc(O)c(C(C)(C)C)c2)c2ccc(O)c(C(C)(C)C)c2)cc(C(C)(C)C)c1O. The molecular formula is C51H68O8. The second-order valence-electron chi connectivity index (χ2n) is 20.8. The number of carbonyl (C=O) groups excluding carboxylic acids is 2. The van der Waals surface area contributed by atoms with Crippen LogP contribution in [0.15, 0.2) is 66.7 Å². The van der Waals surface area contributed by atoms with Crippen molar-refractivity contribution in [2.45, 2.75) is 149 Å². The molecular weight excluding hydrogens is 741 g/mol. The van der Waals surface area contributed by atoms with Crippen molar-refractivity contribution in [1.82, 2.24) is 0 Å². The Balaban J connectivity index is 1.62. The third-order valence-corrected chi connectivity index (χ3v) is 11.7. The summed E-state index contributed by atoms with van der Waals surface area (Å²) in [5.74, 6) is -0.288. The maximum Gasteiger partial charge on any atom is 0.307 e. The predicted octanol–water partition coefficient (Wildman–Crippen LogP) is 11.2. The zero-order chi connectivity index (χ0) is 44.7. The lowest BCUT2D eigenvalue weighted by Crippen LogP contribution is -2.31. The standard InChI is InChI=1S/C51H68O8/c1-31-24-35(28-39(45(31)57)49(11,12)13)51(15,34-18-21-42(54)38(27-34)48(8,9)10)30-44(56)59-23-22-58-43(55)29-50(14,32-16-19-40(52)36(25-32)46(2,3)4)33-17-20-41(53)37(26-33)47(5,6)7/h16-21,24-28,52-54,57H,22-23,29-30H2,1-15H3. The Bertz CT molecular complexity index is 2120. The van der Waals surface area contributed by atoms with E-state index in [2.05, 4.69) is 0 Å². The van der Waals surface area contributed by atoms with Crippen molar-refractivity contribution in [3.05, 3.63) is 117 Å². The predicted molar refractivity (Wildman–Crippen MR) is 236 cm³/mol. The number of phenols is 4. The topological polar surface area (TPSA) is 134 Å². The minimum absolute atomic E-state index is 0.0604. The van der Waals surface area contributed by atoms with Crippen LogP contribution in [0.5, 0.6) is 23.0 Å².